The third kappa shape index (κ3) is 2.65. The molecule has 0 saturated heterocycles. The van der Waals surface area contributed by atoms with Gasteiger partial charge in [-0.15, -0.1) is 0 Å². The molecule has 0 bridgehead atoms. The molecule has 1 unspecified atom stereocenters. The number of nitrogens with zero attached hydrogens (tertiary/aromatic N) is 2. The number of aromatic amines is 1. The highest BCUT2D eigenvalue weighted by Gasteiger charge is 2.27. The van der Waals surface area contributed by atoms with Gasteiger partial charge in [0.25, 0.3) is 0 Å². The third-order valence-electron chi connectivity index (χ3n) is 3.05. The van der Waals surface area contributed by atoms with E-state index in [-0.39, 0.29) is 10.9 Å². The molecule has 0 aliphatic rings. The standard InChI is InChI=1S/C12H14ClN3O2S/c1-9(11-5-3-4-6-12(11)13)16(2)19(17,18)10-7-14-15-8-10/h3-9H,1-2H3,(H,14,15). The molecule has 1 atom stereocenters. The van der Waals surface area contributed by atoms with Crippen molar-refractivity contribution in [2.45, 2.75) is 17.9 Å². The quantitative estimate of drug-likeness (QED) is 0.943. The molecular weight excluding hydrogens is 286 g/mol. The molecule has 0 amide bonds. The van der Waals surface area contributed by atoms with Crippen molar-refractivity contribution in [3.8, 4) is 0 Å². The van der Waals surface area contributed by atoms with Crippen molar-refractivity contribution in [3.63, 3.8) is 0 Å². The molecule has 0 saturated carbocycles. The lowest BCUT2D eigenvalue weighted by molar-refractivity contribution is 0.398. The van der Waals surface area contributed by atoms with Crippen LogP contribution in [0.4, 0.5) is 0 Å². The van der Waals surface area contributed by atoms with E-state index in [0.717, 1.165) is 5.56 Å². The summed E-state index contributed by atoms with van der Waals surface area (Å²) >= 11 is 6.10. The molecule has 1 aromatic carbocycles. The Morgan fingerprint density at radius 3 is 2.63 bits per heavy atom. The van der Waals surface area contributed by atoms with Gasteiger partial charge in [-0.25, -0.2) is 8.42 Å². The lowest BCUT2D eigenvalue weighted by Crippen LogP contribution is -2.29. The number of nitrogens with one attached hydrogen (secondary N) is 1. The summed E-state index contributed by atoms with van der Waals surface area (Å²) in [4.78, 5) is 0.133. The van der Waals surface area contributed by atoms with Crippen molar-refractivity contribution in [1.82, 2.24) is 14.5 Å². The predicted molar refractivity (Wildman–Crippen MR) is 73.4 cm³/mol. The zero-order valence-electron chi connectivity index (χ0n) is 10.5. The maximum atomic E-state index is 12.3. The van der Waals surface area contributed by atoms with Gasteiger partial charge in [-0.1, -0.05) is 29.8 Å². The number of sulfonamides is 1. The summed E-state index contributed by atoms with van der Waals surface area (Å²) in [5.41, 5.74) is 0.763. The van der Waals surface area contributed by atoms with Crippen molar-refractivity contribution in [3.05, 3.63) is 47.2 Å². The fourth-order valence-corrected chi connectivity index (χ4v) is 3.31. The molecule has 1 aromatic heterocycles. The molecule has 19 heavy (non-hydrogen) atoms. The average molecular weight is 300 g/mol. The van der Waals surface area contributed by atoms with Crippen LogP contribution in [0.3, 0.4) is 0 Å². The van der Waals surface area contributed by atoms with Crippen LogP contribution < -0.4 is 0 Å². The van der Waals surface area contributed by atoms with E-state index >= 15 is 0 Å². The number of rotatable bonds is 4. The van der Waals surface area contributed by atoms with E-state index in [9.17, 15) is 8.42 Å². The van der Waals surface area contributed by atoms with Gasteiger partial charge in [0.2, 0.25) is 10.0 Å². The summed E-state index contributed by atoms with van der Waals surface area (Å²) in [5, 5.41) is 6.71. The van der Waals surface area contributed by atoms with Crippen LogP contribution in [0.2, 0.25) is 5.02 Å². The van der Waals surface area contributed by atoms with E-state index in [0.29, 0.717) is 5.02 Å². The summed E-state index contributed by atoms with van der Waals surface area (Å²) in [6.45, 7) is 1.79. The van der Waals surface area contributed by atoms with E-state index in [4.69, 9.17) is 11.6 Å². The molecule has 0 spiro atoms. The Labute approximate surface area is 117 Å². The highest BCUT2D eigenvalue weighted by molar-refractivity contribution is 7.89. The fourth-order valence-electron chi connectivity index (χ4n) is 1.76. The second kappa shape index (κ2) is 5.32. The Morgan fingerprint density at radius 1 is 1.37 bits per heavy atom. The van der Waals surface area contributed by atoms with Crippen LogP contribution in [0.15, 0.2) is 41.6 Å². The number of hydrogen-bond acceptors (Lipinski definition) is 3. The van der Waals surface area contributed by atoms with Gasteiger partial charge in [-0.2, -0.15) is 9.40 Å². The van der Waals surface area contributed by atoms with Gasteiger partial charge < -0.3 is 0 Å². The average Bonchev–Trinajstić information content (AvgIpc) is 2.92. The summed E-state index contributed by atoms with van der Waals surface area (Å²) in [7, 11) is -2.05. The van der Waals surface area contributed by atoms with Crippen LogP contribution in [-0.2, 0) is 10.0 Å². The summed E-state index contributed by atoms with van der Waals surface area (Å²) in [5.74, 6) is 0. The fraction of sp³-hybridized carbons (Fsp3) is 0.250. The molecule has 0 fully saturated rings. The number of benzene rings is 1. The normalized spacial score (nSPS) is 13.7. The molecular formula is C12H14ClN3O2S. The first kappa shape index (κ1) is 14.0. The monoisotopic (exact) mass is 299 g/mol. The highest BCUT2D eigenvalue weighted by atomic mass is 35.5. The Bertz CT molecular complexity index is 655. The maximum Gasteiger partial charge on any atom is 0.246 e. The van der Waals surface area contributed by atoms with Crippen LogP contribution in [0, 0.1) is 0 Å². The Balaban J connectivity index is 2.35. The predicted octanol–water partition coefficient (Wildman–Crippen LogP) is 2.44. The van der Waals surface area contributed by atoms with Gasteiger partial charge in [0.05, 0.1) is 6.20 Å². The molecule has 2 aromatic rings. The number of aromatic nitrogens is 2. The number of H-pyrrole nitrogens is 1. The maximum absolute atomic E-state index is 12.3. The van der Waals surface area contributed by atoms with Crippen molar-refractivity contribution in [2.24, 2.45) is 0 Å². The lowest BCUT2D eigenvalue weighted by atomic mass is 10.1. The molecule has 7 heteroatoms. The summed E-state index contributed by atoms with van der Waals surface area (Å²) in [6.07, 6.45) is 2.64. The van der Waals surface area contributed by atoms with E-state index in [1.807, 2.05) is 18.2 Å². The van der Waals surface area contributed by atoms with E-state index < -0.39 is 10.0 Å². The van der Waals surface area contributed by atoms with E-state index in [1.165, 1.54) is 23.7 Å². The molecule has 5 nitrogen and oxygen atoms in total. The SMILES string of the molecule is CC(c1ccccc1Cl)N(C)S(=O)(=O)c1cn[nH]c1. The molecule has 102 valence electrons. The first-order valence-corrected chi connectivity index (χ1v) is 7.47. The smallest absolute Gasteiger partial charge is 0.246 e. The van der Waals surface area contributed by atoms with Crippen molar-refractivity contribution < 1.29 is 8.42 Å². The van der Waals surface area contributed by atoms with Crippen LogP contribution in [0.25, 0.3) is 0 Å². The topological polar surface area (TPSA) is 66.1 Å². The Hall–Kier alpha value is -1.37. The first-order valence-electron chi connectivity index (χ1n) is 5.66. The minimum absolute atomic E-state index is 0.133. The number of halogens is 1. The molecule has 0 aliphatic heterocycles. The molecule has 1 N–H and O–H groups in total. The highest BCUT2D eigenvalue weighted by Crippen LogP contribution is 2.29. The van der Waals surface area contributed by atoms with Gasteiger partial charge in [-0.05, 0) is 18.6 Å². The van der Waals surface area contributed by atoms with Gasteiger partial charge in [0, 0.05) is 24.3 Å². The van der Waals surface area contributed by atoms with Gasteiger partial charge in [-0.3, -0.25) is 5.10 Å². The molecule has 0 radical (unpaired) electrons. The Kier molecular flexibility index (Phi) is 3.93. The second-order valence-electron chi connectivity index (χ2n) is 4.15. The summed E-state index contributed by atoms with van der Waals surface area (Å²) < 4.78 is 26.0. The Morgan fingerprint density at radius 2 is 2.05 bits per heavy atom. The van der Waals surface area contributed by atoms with Crippen LogP contribution >= 0.6 is 11.6 Å². The van der Waals surface area contributed by atoms with Crippen LogP contribution in [-0.4, -0.2) is 30.0 Å². The van der Waals surface area contributed by atoms with Crippen LogP contribution in [0.5, 0.6) is 0 Å². The van der Waals surface area contributed by atoms with Gasteiger partial charge >= 0.3 is 0 Å². The third-order valence-corrected chi connectivity index (χ3v) is 5.29. The minimum atomic E-state index is -3.58. The van der Waals surface area contributed by atoms with Crippen molar-refractivity contribution in [1.29, 1.82) is 0 Å². The first-order chi connectivity index (χ1) is 8.94. The molecule has 2 rings (SSSR count). The minimum Gasteiger partial charge on any atom is -0.284 e. The van der Waals surface area contributed by atoms with Gasteiger partial charge in [0.1, 0.15) is 4.90 Å². The molecule has 1 heterocycles. The zero-order chi connectivity index (χ0) is 14.0. The number of hydrogen-bond donors (Lipinski definition) is 1. The molecule has 0 aliphatic carbocycles. The van der Waals surface area contributed by atoms with Crippen molar-refractivity contribution >= 4 is 21.6 Å². The van der Waals surface area contributed by atoms with E-state index in [2.05, 4.69) is 10.2 Å². The second-order valence-corrected chi connectivity index (χ2v) is 6.56. The van der Waals surface area contributed by atoms with Gasteiger partial charge in [0.15, 0.2) is 0 Å². The van der Waals surface area contributed by atoms with Crippen molar-refractivity contribution in [2.75, 3.05) is 7.05 Å². The lowest BCUT2D eigenvalue weighted by Gasteiger charge is -2.24. The largest absolute Gasteiger partial charge is 0.284 e. The zero-order valence-corrected chi connectivity index (χ0v) is 12.1. The summed E-state index contributed by atoms with van der Waals surface area (Å²) in [6, 6.07) is 6.83. The van der Waals surface area contributed by atoms with E-state index in [1.54, 1.807) is 13.0 Å². The van der Waals surface area contributed by atoms with Crippen LogP contribution in [0.1, 0.15) is 18.5 Å².